The first-order valence-corrected chi connectivity index (χ1v) is 27.2. The van der Waals surface area contributed by atoms with Gasteiger partial charge in [0.2, 0.25) is 53.2 Å². The van der Waals surface area contributed by atoms with Gasteiger partial charge in [0.15, 0.2) is 0 Å². The predicted octanol–water partition coefficient (Wildman–Crippen LogP) is 2.97. The smallest absolute Gasteiger partial charge is 0.248 e. The summed E-state index contributed by atoms with van der Waals surface area (Å²) in [5, 5.41) is 25.3. The van der Waals surface area contributed by atoms with E-state index in [1.807, 2.05) is 47.6 Å². The van der Waals surface area contributed by atoms with Crippen molar-refractivity contribution in [1.82, 2.24) is 46.2 Å². The fourth-order valence-corrected chi connectivity index (χ4v) is 9.83. The van der Waals surface area contributed by atoms with E-state index in [4.69, 9.17) is 0 Å². The first-order valence-electron chi connectivity index (χ1n) is 27.2. The lowest BCUT2D eigenvalue weighted by molar-refractivity contribution is -0.148. The van der Waals surface area contributed by atoms with Gasteiger partial charge in [0, 0.05) is 47.1 Å². The van der Waals surface area contributed by atoms with Gasteiger partial charge in [-0.15, -0.1) is 0 Å². The van der Waals surface area contributed by atoms with Crippen molar-refractivity contribution >= 4 is 53.2 Å². The van der Waals surface area contributed by atoms with Crippen molar-refractivity contribution in [1.29, 1.82) is 0 Å². The number of likely N-dealkylation sites (N-methyl/N-ethyl adjacent to an activating group) is 3. The fourth-order valence-electron chi connectivity index (χ4n) is 9.83. The minimum absolute atomic E-state index is 0.0187. The molecule has 9 atom stereocenters. The average molecular weight is 1060 g/mol. The molecule has 19 heteroatoms. The molecule has 19 nitrogen and oxygen atoms in total. The van der Waals surface area contributed by atoms with Crippen LogP contribution < -0.4 is 26.6 Å². The van der Waals surface area contributed by atoms with Gasteiger partial charge in [-0.25, -0.2) is 0 Å². The molecule has 2 aliphatic rings. The number of benzene rings is 2. The van der Waals surface area contributed by atoms with E-state index in [-0.39, 0.29) is 49.9 Å². The maximum absolute atomic E-state index is 14.8. The molecular formula is C57H87N9O10. The van der Waals surface area contributed by atoms with Crippen LogP contribution in [0, 0.1) is 23.7 Å². The quantitative estimate of drug-likeness (QED) is 0.171. The maximum Gasteiger partial charge on any atom is 0.248 e. The zero-order valence-electron chi connectivity index (χ0n) is 47.0. The first-order chi connectivity index (χ1) is 35.8. The molecule has 2 heterocycles. The molecule has 6 N–H and O–H groups in total. The number of carbonyl (C=O) groups is 9. The topological polar surface area (TPSA) is 247 Å². The van der Waals surface area contributed by atoms with Crippen LogP contribution in [0.25, 0.3) is 0 Å². The highest BCUT2D eigenvalue weighted by Gasteiger charge is 2.42. The van der Waals surface area contributed by atoms with Gasteiger partial charge in [-0.3, -0.25) is 43.2 Å². The van der Waals surface area contributed by atoms with E-state index in [2.05, 4.69) is 26.6 Å². The Bertz CT molecular complexity index is 2290. The van der Waals surface area contributed by atoms with Crippen molar-refractivity contribution in [2.75, 3.05) is 34.2 Å². The minimum Gasteiger partial charge on any atom is -0.391 e. The summed E-state index contributed by atoms with van der Waals surface area (Å²) in [4.78, 5) is 137. The van der Waals surface area contributed by atoms with Crippen LogP contribution in [0.3, 0.4) is 0 Å². The van der Waals surface area contributed by atoms with Crippen LogP contribution in [0.1, 0.15) is 118 Å². The largest absolute Gasteiger partial charge is 0.391 e. The zero-order valence-corrected chi connectivity index (χ0v) is 47.0. The molecule has 2 saturated heterocycles. The molecule has 0 radical (unpaired) electrons. The number of piperidine rings is 1. The molecular weight excluding hydrogens is 971 g/mol. The van der Waals surface area contributed by atoms with Crippen molar-refractivity contribution in [2.24, 2.45) is 23.7 Å². The van der Waals surface area contributed by atoms with E-state index in [1.54, 1.807) is 73.3 Å². The second-order valence-electron chi connectivity index (χ2n) is 22.5. The average Bonchev–Trinajstić information content (AvgIpc) is 3.37. The molecule has 9 amide bonds. The maximum atomic E-state index is 14.8. The Morgan fingerprint density at radius 2 is 0.961 bits per heavy atom. The third kappa shape index (κ3) is 17.9. The minimum atomic E-state index is -1.60. The molecule has 4 rings (SSSR count). The number of hydrogen-bond acceptors (Lipinski definition) is 10. The lowest BCUT2D eigenvalue weighted by Gasteiger charge is -2.36. The summed E-state index contributed by atoms with van der Waals surface area (Å²) in [6, 6.07) is 7.42. The Hall–Kier alpha value is -6.37. The Morgan fingerprint density at radius 1 is 0.513 bits per heavy atom. The summed E-state index contributed by atoms with van der Waals surface area (Å²) in [5.41, 5.74) is 1.36. The fraction of sp³-hybridized carbons (Fsp3) is 0.632. The lowest BCUT2D eigenvalue weighted by Crippen LogP contribution is -2.62. The van der Waals surface area contributed by atoms with Gasteiger partial charge >= 0.3 is 0 Å². The van der Waals surface area contributed by atoms with Crippen LogP contribution in [0.4, 0.5) is 0 Å². The Kier molecular flexibility index (Phi) is 23.9. The van der Waals surface area contributed by atoms with Gasteiger partial charge in [0.05, 0.1) is 12.5 Å². The van der Waals surface area contributed by atoms with Gasteiger partial charge in [-0.2, -0.15) is 0 Å². The molecule has 0 aromatic heterocycles. The number of carbonyl (C=O) groups excluding carboxylic acids is 9. The molecule has 0 aliphatic carbocycles. The number of likely N-dealkylation sites (tertiary alicyclic amines) is 1. The summed E-state index contributed by atoms with van der Waals surface area (Å²) >= 11 is 0. The highest BCUT2D eigenvalue weighted by Crippen LogP contribution is 2.21. The Labute approximate surface area is 450 Å². The highest BCUT2D eigenvalue weighted by atomic mass is 16.3. The summed E-state index contributed by atoms with van der Waals surface area (Å²) < 4.78 is 0. The Balaban J connectivity index is 1.93. The van der Waals surface area contributed by atoms with Crippen molar-refractivity contribution in [3.05, 3.63) is 71.8 Å². The standard InChI is InChI=1S/C57H87N9O10/c1-34(2)28-42-54(73)63(10)45(30-36(5)6)53(72)62-49(38(9)67)57(76)64(11)44(29-35(3)4)51(70)58-41(31-39-22-16-13-17-23-39)50(69)59-43(55(74)66-26-20-15-21-27-66)33-47(68)61-48(37(7)8)56(75)65(12)46(52(71)60-42)32-40-24-18-14-19-25-40/h13-14,16-19,22-25,34-38,41-46,48-49,67H,15,20-21,26-33H2,1-12H3,(H,58,70)(H,59,69)(H,60,71)(H,61,68)(H,62,72)/t38-,41+,42+,43+,44+,45+,46+,48-,49+/m1/s1. The SMILES string of the molecule is CC(C)C[C@@H]1NC(=O)[C@H](Cc2ccccc2)N(C)C(=O)[C@@H](C(C)C)NC(=O)C[C@@H](C(=O)N2CCCCC2)NC(=O)[C@H](Cc2ccccc2)NC(=O)[C@H](CC(C)C)N(C)C(=O)[C@H]([C@@H](C)O)NC(=O)[C@H](CC(C)C)N(C)C1=O. The van der Waals surface area contributed by atoms with Crippen molar-refractivity contribution in [3.63, 3.8) is 0 Å². The molecule has 0 bridgehead atoms. The van der Waals surface area contributed by atoms with Crippen molar-refractivity contribution in [2.45, 2.75) is 175 Å². The highest BCUT2D eigenvalue weighted by molar-refractivity contribution is 5.99. The molecule has 0 unspecified atom stereocenters. The van der Waals surface area contributed by atoms with E-state index in [0.717, 1.165) is 11.3 Å². The summed E-state index contributed by atoms with van der Waals surface area (Å²) in [5.74, 6) is -7.27. The summed E-state index contributed by atoms with van der Waals surface area (Å²) in [6.07, 6.45) is 0.578. The van der Waals surface area contributed by atoms with Crippen molar-refractivity contribution in [3.8, 4) is 0 Å². The van der Waals surface area contributed by atoms with Crippen LogP contribution in [0.15, 0.2) is 60.7 Å². The van der Waals surface area contributed by atoms with Crippen molar-refractivity contribution < 1.29 is 48.3 Å². The molecule has 420 valence electrons. The van der Waals surface area contributed by atoms with Gasteiger partial charge in [0.25, 0.3) is 0 Å². The van der Waals surface area contributed by atoms with E-state index in [0.29, 0.717) is 37.1 Å². The van der Waals surface area contributed by atoms with Crippen LogP contribution in [0.5, 0.6) is 0 Å². The molecule has 0 saturated carbocycles. The molecule has 2 aliphatic heterocycles. The first kappa shape index (κ1) is 62.2. The van der Waals surface area contributed by atoms with Gasteiger partial charge in [0.1, 0.15) is 48.3 Å². The normalized spacial score (nSPS) is 25.4. The number of aliphatic hydroxyl groups is 1. The zero-order chi connectivity index (χ0) is 56.6. The third-order valence-corrected chi connectivity index (χ3v) is 14.2. The number of nitrogens with one attached hydrogen (secondary N) is 5. The monoisotopic (exact) mass is 1060 g/mol. The third-order valence-electron chi connectivity index (χ3n) is 14.2. The van der Waals surface area contributed by atoms with Gasteiger partial charge in [-0.1, -0.05) is 116 Å². The lowest BCUT2D eigenvalue weighted by atomic mass is 9.96. The van der Waals surface area contributed by atoms with E-state index < -0.39 is 120 Å². The van der Waals surface area contributed by atoms with E-state index in [1.165, 1.54) is 37.9 Å². The molecule has 2 aromatic rings. The van der Waals surface area contributed by atoms with E-state index >= 15 is 0 Å². The number of aliphatic hydroxyl groups excluding tert-OH is 1. The number of rotatable bonds is 13. The van der Waals surface area contributed by atoms with Crippen LogP contribution >= 0.6 is 0 Å². The van der Waals surface area contributed by atoms with Crippen LogP contribution in [0.2, 0.25) is 0 Å². The molecule has 2 fully saturated rings. The van der Waals surface area contributed by atoms with Crippen LogP contribution in [-0.2, 0) is 56.0 Å². The predicted molar refractivity (Wildman–Crippen MR) is 290 cm³/mol. The van der Waals surface area contributed by atoms with E-state index in [9.17, 15) is 48.3 Å². The number of nitrogens with zero attached hydrogens (tertiary/aromatic N) is 4. The summed E-state index contributed by atoms with van der Waals surface area (Å²) in [7, 11) is 4.26. The number of hydrogen-bond donors (Lipinski definition) is 6. The number of amides is 9. The Morgan fingerprint density at radius 3 is 1.46 bits per heavy atom. The molecule has 76 heavy (non-hydrogen) atoms. The van der Waals surface area contributed by atoms with Gasteiger partial charge < -0.3 is 51.3 Å². The second-order valence-corrected chi connectivity index (χ2v) is 22.5. The second kappa shape index (κ2) is 29.2. The molecule has 2 aromatic carbocycles. The van der Waals surface area contributed by atoms with Gasteiger partial charge in [-0.05, 0) is 80.2 Å². The summed E-state index contributed by atoms with van der Waals surface area (Å²) in [6.45, 7) is 16.7. The van der Waals surface area contributed by atoms with Crippen LogP contribution in [-0.4, -0.2) is 167 Å². The molecule has 0 spiro atoms.